The summed E-state index contributed by atoms with van der Waals surface area (Å²) in [5.41, 5.74) is 30.5. The van der Waals surface area contributed by atoms with Crippen LogP contribution in [0.15, 0.2) is 382 Å². The highest BCUT2D eigenvalue weighted by molar-refractivity contribution is 7.00. The molecule has 17 aromatic carbocycles. The molecule has 8 heteroatoms. The van der Waals surface area contributed by atoms with Crippen LogP contribution in [-0.4, -0.2) is 11.3 Å². The van der Waals surface area contributed by atoms with Gasteiger partial charge in [-0.05, 0) is 255 Å². The Balaban J connectivity index is 0.976. The quantitative estimate of drug-likeness (QED) is 0.0847. The fraction of sp³-hybridized carbons (Fsp3) is 0.164. The Bertz CT molecular complexity index is 6740. The van der Waals surface area contributed by atoms with Crippen LogP contribution < -0.4 is 45.1 Å². The van der Waals surface area contributed by atoms with Gasteiger partial charge in [0, 0.05) is 55.8 Å². The largest absolute Gasteiger partial charge is 0.457 e. The van der Waals surface area contributed by atoms with Crippen LogP contribution in [0.2, 0.25) is 0 Å². The molecule has 7 nitrogen and oxygen atoms in total. The minimum absolute atomic E-state index is 0.143. The molecule has 0 bridgehead atoms. The molecule has 2 aliphatic heterocycles. The minimum atomic E-state index is -0.439. The molecule has 0 N–H and O–H groups in total. The molecule has 0 unspecified atom stereocenters. The van der Waals surface area contributed by atoms with Crippen LogP contribution in [0.1, 0.15) is 132 Å². The van der Waals surface area contributed by atoms with E-state index in [-0.39, 0.29) is 27.1 Å². The van der Waals surface area contributed by atoms with Crippen LogP contribution in [-0.2, 0) is 27.1 Å². The average molecular weight is 1690 g/mol. The van der Waals surface area contributed by atoms with Crippen molar-refractivity contribution in [2.75, 3.05) is 9.80 Å². The Morgan fingerprint density at radius 1 is 0.208 bits per heavy atom. The van der Waals surface area contributed by atoms with Crippen molar-refractivity contribution in [1.29, 1.82) is 0 Å². The average Bonchev–Trinajstić information content (AvgIpc) is 1.01. The molecule has 1 aromatic heterocycles. The molecule has 0 atom stereocenters. The normalized spacial score (nSPS) is 12.7. The summed E-state index contributed by atoms with van der Waals surface area (Å²) in [6, 6.07) is 140. The van der Waals surface area contributed by atoms with Crippen molar-refractivity contribution in [3.8, 4) is 118 Å². The number of hydrogen-bond acceptors (Lipinski definition) is 6. The summed E-state index contributed by atoms with van der Waals surface area (Å²) in [4.78, 5) is 5.32. The Morgan fingerprint density at radius 3 is 0.854 bits per heavy atom. The SMILES string of the molecule is CC(C)(C)c1cc(-c2ccc3c(c2)B2c4cc(-c5cc(C(C)(C)C)cc(C(C)(C)C)c5)ccc4N(c4c(-c5cccc(Oc6ccccc6)c5)cccc4-c4cccc(Oc5ccccc5)c4)c4cc(-n5c6ccccc6c6cc(C(C)(C)C)ccc65)cc(c42)N3c2c(-c3cccc(Oc4ccccc4)c3)cccc2-c2cccc(Oc3ccccc3)c2)cc(C(C)(C)C)c1. The predicted molar refractivity (Wildman–Crippen MR) is 547 cm³/mol. The van der Waals surface area contributed by atoms with E-state index in [0.717, 1.165) is 157 Å². The zero-order valence-electron chi connectivity index (χ0n) is 76.9. The molecule has 2 aliphatic rings. The molecule has 0 aliphatic carbocycles. The highest BCUT2D eigenvalue weighted by atomic mass is 16.5. The maximum absolute atomic E-state index is 6.92. The van der Waals surface area contributed by atoms with Crippen molar-refractivity contribution in [3.63, 3.8) is 0 Å². The Hall–Kier alpha value is -14.6. The molecule has 0 saturated carbocycles. The van der Waals surface area contributed by atoms with E-state index >= 15 is 0 Å². The molecule has 130 heavy (non-hydrogen) atoms. The van der Waals surface area contributed by atoms with Gasteiger partial charge in [-0.3, -0.25) is 0 Å². The fourth-order valence-corrected chi connectivity index (χ4v) is 18.9. The van der Waals surface area contributed by atoms with Gasteiger partial charge in [-0.1, -0.05) is 347 Å². The first kappa shape index (κ1) is 83.6. The van der Waals surface area contributed by atoms with Crippen molar-refractivity contribution in [1.82, 2.24) is 4.57 Å². The second-order valence-corrected chi connectivity index (χ2v) is 40.2. The number of benzene rings is 17. The standard InChI is InChI=1S/C122H108BN3O4/c1-118(2,3)87-60-63-110-106(76-87)105-52-28-29-57-109(105)124(110)92-77-113-115-114(78-92)126(117-103(83-38-32-50-99(70-83)129-95-44-24-18-25-45-95)55-35-56-104(117)84-39-33-51-100(71-84)130-96-46-26-19-27-47-96)112-62-59-80(86-66-90(121(10,11)12)75-91(67-86)122(13,14)15)73-108(112)123(115)107-72-79(85-64-88(119(4,5)6)74-89(65-85)120(7,8)9)58-61-111(107)125(113)116-101(81-36-30-48-97(68-81)127-93-40-20-16-21-41-93)53-34-54-102(116)82-37-31-49-98(69-82)128-94-42-22-17-23-43-94/h16-78H,1-15H3. The molecule has 0 spiro atoms. The lowest BCUT2D eigenvalue weighted by molar-refractivity contribution is 0.482. The maximum Gasteiger partial charge on any atom is 0.252 e. The van der Waals surface area contributed by atoms with E-state index < -0.39 is 6.71 Å². The van der Waals surface area contributed by atoms with E-state index in [1.165, 1.54) is 38.6 Å². The summed E-state index contributed by atoms with van der Waals surface area (Å²) in [6.45, 7) is 34.7. The van der Waals surface area contributed by atoms with E-state index in [4.69, 9.17) is 18.9 Å². The van der Waals surface area contributed by atoms with Crippen LogP contribution in [0.4, 0.5) is 34.1 Å². The van der Waals surface area contributed by atoms with Gasteiger partial charge in [-0.2, -0.15) is 0 Å². The summed E-state index contributed by atoms with van der Waals surface area (Å²) in [7, 11) is 0. The van der Waals surface area contributed by atoms with Gasteiger partial charge in [0.2, 0.25) is 0 Å². The second kappa shape index (κ2) is 32.9. The molecule has 3 heterocycles. The van der Waals surface area contributed by atoms with Crippen molar-refractivity contribution in [2.24, 2.45) is 0 Å². The lowest BCUT2D eigenvalue weighted by Crippen LogP contribution is -2.61. The number of para-hydroxylation sites is 7. The summed E-state index contributed by atoms with van der Waals surface area (Å²) in [6.07, 6.45) is 0. The monoisotopic (exact) mass is 1690 g/mol. The predicted octanol–water partition coefficient (Wildman–Crippen LogP) is 32.5. The number of rotatable bonds is 17. The number of nitrogens with zero attached hydrogens (tertiary/aromatic N) is 3. The van der Waals surface area contributed by atoms with Gasteiger partial charge >= 0.3 is 0 Å². The van der Waals surface area contributed by atoms with Crippen molar-refractivity contribution in [3.05, 3.63) is 410 Å². The van der Waals surface area contributed by atoms with E-state index in [0.29, 0.717) is 23.0 Å². The van der Waals surface area contributed by atoms with Crippen LogP contribution >= 0.6 is 0 Å². The third-order valence-electron chi connectivity index (χ3n) is 25.9. The highest BCUT2D eigenvalue weighted by Crippen LogP contribution is 2.56. The summed E-state index contributed by atoms with van der Waals surface area (Å²) in [5.74, 6) is 5.84. The third-order valence-corrected chi connectivity index (χ3v) is 25.9. The van der Waals surface area contributed by atoms with Crippen LogP contribution in [0.3, 0.4) is 0 Å². The van der Waals surface area contributed by atoms with Gasteiger partial charge in [-0.15, -0.1) is 0 Å². The van der Waals surface area contributed by atoms with Gasteiger partial charge in [0.25, 0.3) is 6.71 Å². The second-order valence-electron chi connectivity index (χ2n) is 40.2. The summed E-state index contributed by atoms with van der Waals surface area (Å²) >= 11 is 0. The molecule has 0 saturated heterocycles. The molecule has 0 amide bonds. The zero-order valence-corrected chi connectivity index (χ0v) is 76.9. The third kappa shape index (κ3) is 16.2. The van der Waals surface area contributed by atoms with Gasteiger partial charge in [0.1, 0.15) is 46.0 Å². The molecule has 0 fully saturated rings. The molecular formula is C122H108BN3O4. The Kier molecular flexibility index (Phi) is 21.2. The highest BCUT2D eigenvalue weighted by Gasteiger charge is 2.47. The zero-order chi connectivity index (χ0) is 89.7. The van der Waals surface area contributed by atoms with Gasteiger partial charge < -0.3 is 33.3 Å². The number of hydrogen-bond donors (Lipinski definition) is 0. The molecular weight excluding hydrogens is 1580 g/mol. The first-order valence-corrected chi connectivity index (χ1v) is 45.6. The first-order valence-electron chi connectivity index (χ1n) is 45.6. The lowest BCUT2D eigenvalue weighted by atomic mass is 9.33. The van der Waals surface area contributed by atoms with E-state index in [1.54, 1.807) is 0 Å². The van der Waals surface area contributed by atoms with Crippen molar-refractivity contribution in [2.45, 2.75) is 131 Å². The molecule has 18 aromatic rings. The summed E-state index contributed by atoms with van der Waals surface area (Å²) in [5, 5.41) is 2.34. The van der Waals surface area contributed by atoms with Crippen LogP contribution in [0.25, 0.3) is 94.3 Å². The van der Waals surface area contributed by atoms with Gasteiger partial charge in [0.15, 0.2) is 0 Å². The lowest BCUT2D eigenvalue weighted by Gasteiger charge is -2.46. The first-order chi connectivity index (χ1) is 62.6. The minimum Gasteiger partial charge on any atom is -0.457 e. The van der Waals surface area contributed by atoms with Crippen LogP contribution in [0.5, 0.6) is 46.0 Å². The molecule has 20 rings (SSSR count). The van der Waals surface area contributed by atoms with E-state index in [9.17, 15) is 0 Å². The Morgan fingerprint density at radius 2 is 0.515 bits per heavy atom. The Labute approximate surface area is 766 Å². The number of fused-ring (bicyclic) bond motifs is 7. The number of aromatic nitrogens is 1. The van der Waals surface area contributed by atoms with Crippen LogP contribution in [0, 0.1) is 0 Å². The molecule has 0 radical (unpaired) electrons. The van der Waals surface area contributed by atoms with E-state index in [1.807, 2.05) is 121 Å². The van der Waals surface area contributed by atoms with E-state index in [2.05, 4.69) is 379 Å². The summed E-state index contributed by atoms with van der Waals surface area (Å²) < 4.78 is 30.2. The van der Waals surface area contributed by atoms with Gasteiger partial charge in [0.05, 0.1) is 28.1 Å². The number of anilines is 6. The van der Waals surface area contributed by atoms with Gasteiger partial charge in [-0.25, -0.2) is 0 Å². The van der Waals surface area contributed by atoms with Crippen molar-refractivity contribution >= 4 is 79.0 Å². The fourth-order valence-electron chi connectivity index (χ4n) is 18.9. The smallest absolute Gasteiger partial charge is 0.252 e. The van der Waals surface area contributed by atoms with Crippen molar-refractivity contribution < 1.29 is 18.9 Å². The topological polar surface area (TPSA) is 48.3 Å². The maximum atomic E-state index is 6.92. The number of ether oxygens (including phenoxy) is 4. The molecule has 638 valence electrons.